The van der Waals surface area contributed by atoms with Gasteiger partial charge in [-0.2, -0.15) is 0 Å². The number of nitro groups is 1. The Morgan fingerprint density at radius 1 is 1.40 bits per heavy atom. The third-order valence-electron chi connectivity index (χ3n) is 3.54. The SMILES string of the molecule is CC(C)N(Cc1ccc([N+](=O)[O-])cc1)C(=O)C1CNC1. The Hall–Kier alpha value is -1.95. The van der Waals surface area contributed by atoms with Gasteiger partial charge in [-0.1, -0.05) is 12.1 Å². The summed E-state index contributed by atoms with van der Waals surface area (Å²) < 4.78 is 0. The largest absolute Gasteiger partial charge is 0.336 e. The lowest BCUT2D eigenvalue weighted by molar-refractivity contribution is -0.384. The monoisotopic (exact) mass is 277 g/mol. The highest BCUT2D eigenvalue weighted by atomic mass is 16.6. The quantitative estimate of drug-likeness (QED) is 0.654. The maximum absolute atomic E-state index is 12.3. The molecule has 1 heterocycles. The van der Waals surface area contributed by atoms with Crippen LogP contribution in [0.1, 0.15) is 19.4 Å². The summed E-state index contributed by atoms with van der Waals surface area (Å²) in [6.07, 6.45) is 0. The van der Waals surface area contributed by atoms with Crippen molar-refractivity contribution in [3.05, 3.63) is 39.9 Å². The summed E-state index contributed by atoms with van der Waals surface area (Å²) >= 11 is 0. The first kappa shape index (κ1) is 14.5. The van der Waals surface area contributed by atoms with Gasteiger partial charge >= 0.3 is 0 Å². The Kier molecular flexibility index (Phi) is 4.34. The molecule has 1 amide bonds. The average molecular weight is 277 g/mol. The van der Waals surface area contributed by atoms with Gasteiger partial charge in [0.25, 0.3) is 5.69 Å². The minimum absolute atomic E-state index is 0.0652. The molecule has 1 aromatic rings. The standard InChI is InChI=1S/C14H19N3O3/c1-10(2)16(14(18)12-7-15-8-12)9-11-3-5-13(6-4-11)17(19)20/h3-6,10,12,15H,7-9H2,1-2H3. The van der Waals surface area contributed by atoms with Crippen LogP contribution >= 0.6 is 0 Å². The second kappa shape index (κ2) is 6.00. The van der Waals surface area contributed by atoms with Gasteiger partial charge < -0.3 is 10.2 Å². The van der Waals surface area contributed by atoms with Gasteiger partial charge in [0.1, 0.15) is 0 Å². The minimum atomic E-state index is -0.421. The lowest BCUT2D eigenvalue weighted by atomic mass is 10.0. The van der Waals surface area contributed by atoms with E-state index < -0.39 is 4.92 Å². The molecule has 6 nitrogen and oxygen atoms in total. The van der Waals surface area contributed by atoms with Gasteiger partial charge in [-0.3, -0.25) is 14.9 Å². The lowest BCUT2D eigenvalue weighted by Crippen LogP contribution is -2.53. The molecule has 20 heavy (non-hydrogen) atoms. The molecule has 0 bridgehead atoms. The number of nitrogens with one attached hydrogen (secondary N) is 1. The van der Waals surface area contributed by atoms with Crippen molar-refractivity contribution in [2.45, 2.75) is 26.4 Å². The molecule has 0 spiro atoms. The molecule has 1 aromatic carbocycles. The topological polar surface area (TPSA) is 75.5 Å². The van der Waals surface area contributed by atoms with Crippen molar-refractivity contribution >= 4 is 11.6 Å². The zero-order valence-corrected chi connectivity index (χ0v) is 11.7. The summed E-state index contributed by atoms with van der Waals surface area (Å²) in [5, 5.41) is 13.7. The van der Waals surface area contributed by atoms with E-state index >= 15 is 0 Å². The maximum atomic E-state index is 12.3. The third kappa shape index (κ3) is 3.14. The summed E-state index contributed by atoms with van der Waals surface area (Å²) in [6.45, 7) is 5.93. The number of nitro benzene ring substituents is 1. The highest BCUT2D eigenvalue weighted by Gasteiger charge is 2.30. The van der Waals surface area contributed by atoms with Crippen LogP contribution in [0.5, 0.6) is 0 Å². The van der Waals surface area contributed by atoms with E-state index in [9.17, 15) is 14.9 Å². The van der Waals surface area contributed by atoms with Crippen LogP contribution in [0.25, 0.3) is 0 Å². The first-order valence-electron chi connectivity index (χ1n) is 6.73. The van der Waals surface area contributed by atoms with E-state index in [4.69, 9.17) is 0 Å². The Morgan fingerprint density at radius 2 is 2.00 bits per heavy atom. The molecule has 0 radical (unpaired) electrons. The molecule has 1 aliphatic heterocycles. The molecule has 1 saturated heterocycles. The fraction of sp³-hybridized carbons (Fsp3) is 0.500. The van der Waals surface area contributed by atoms with Crippen molar-refractivity contribution in [1.82, 2.24) is 10.2 Å². The third-order valence-corrected chi connectivity index (χ3v) is 3.54. The van der Waals surface area contributed by atoms with E-state index in [-0.39, 0.29) is 23.6 Å². The lowest BCUT2D eigenvalue weighted by Gasteiger charge is -2.34. The first-order chi connectivity index (χ1) is 9.49. The van der Waals surface area contributed by atoms with Gasteiger partial charge in [-0.15, -0.1) is 0 Å². The molecule has 1 N–H and O–H groups in total. The molecule has 0 aromatic heterocycles. The van der Waals surface area contributed by atoms with Crippen LogP contribution in [0.15, 0.2) is 24.3 Å². The average Bonchev–Trinajstić information content (AvgIpc) is 2.33. The van der Waals surface area contributed by atoms with Crippen molar-refractivity contribution in [2.75, 3.05) is 13.1 Å². The number of hydrogen-bond acceptors (Lipinski definition) is 4. The van der Waals surface area contributed by atoms with Crippen LogP contribution in [0.4, 0.5) is 5.69 Å². The number of non-ortho nitro benzene ring substituents is 1. The van der Waals surface area contributed by atoms with Crippen LogP contribution in [0.3, 0.4) is 0 Å². The smallest absolute Gasteiger partial charge is 0.269 e. The number of rotatable bonds is 5. The predicted molar refractivity (Wildman–Crippen MR) is 75.1 cm³/mol. The molecule has 1 fully saturated rings. The highest BCUT2D eigenvalue weighted by molar-refractivity contribution is 5.80. The van der Waals surface area contributed by atoms with E-state index in [2.05, 4.69) is 5.32 Å². The zero-order valence-electron chi connectivity index (χ0n) is 11.7. The number of carbonyl (C=O) groups excluding carboxylic acids is 1. The molecule has 0 atom stereocenters. The zero-order chi connectivity index (χ0) is 14.7. The molecule has 2 rings (SSSR count). The summed E-state index contributed by atoms with van der Waals surface area (Å²) in [5.41, 5.74) is 0.976. The van der Waals surface area contributed by atoms with E-state index in [1.807, 2.05) is 18.7 Å². The Bertz CT molecular complexity index is 495. The summed E-state index contributed by atoms with van der Waals surface area (Å²) in [7, 11) is 0. The summed E-state index contributed by atoms with van der Waals surface area (Å²) in [6, 6.07) is 6.48. The van der Waals surface area contributed by atoms with Gasteiger partial charge in [0.15, 0.2) is 0 Å². The first-order valence-corrected chi connectivity index (χ1v) is 6.73. The van der Waals surface area contributed by atoms with Crippen molar-refractivity contribution < 1.29 is 9.72 Å². The summed E-state index contributed by atoms with van der Waals surface area (Å²) in [5.74, 6) is 0.215. The van der Waals surface area contributed by atoms with Crippen LogP contribution in [-0.2, 0) is 11.3 Å². The Labute approximate surface area is 117 Å². The van der Waals surface area contributed by atoms with Gasteiger partial charge in [0.2, 0.25) is 5.91 Å². The van der Waals surface area contributed by atoms with Gasteiger partial charge in [-0.25, -0.2) is 0 Å². The second-order valence-electron chi connectivity index (χ2n) is 5.34. The molecule has 0 saturated carbocycles. The normalized spacial score (nSPS) is 14.9. The van der Waals surface area contributed by atoms with Crippen molar-refractivity contribution in [2.24, 2.45) is 5.92 Å². The molecule has 108 valence electrons. The summed E-state index contributed by atoms with van der Waals surface area (Å²) in [4.78, 5) is 24.3. The van der Waals surface area contributed by atoms with E-state index in [0.717, 1.165) is 18.7 Å². The van der Waals surface area contributed by atoms with Gasteiger partial charge in [0, 0.05) is 37.8 Å². The molecular formula is C14H19N3O3. The van der Waals surface area contributed by atoms with Gasteiger partial charge in [-0.05, 0) is 19.4 Å². The number of hydrogen-bond donors (Lipinski definition) is 1. The molecular weight excluding hydrogens is 258 g/mol. The number of amides is 1. The van der Waals surface area contributed by atoms with Crippen molar-refractivity contribution in [3.8, 4) is 0 Å². The predicted octanol–water partition coefficient (Wildman–Crippen LogP) is 1.55. The van der Waals surface area contributed by atoms with E-state index in [1.165, 1.54) is 12.1 Å². The number of nitrogens with zero attached hydrogens (tertiary/aromatic N) is 2. The van der Waals surface area contributed by atoms with Crippen molar-refractivity contribution in [3.63, 3.8) is 0 Å². The van der Waals surface area contributed by atoms with E-state index in [0.29, 0.717) is 6.54 Å². The second-order valence-corrected chi connectivity index (χ2v) is 5.34. The van der Waals surface area contributed by atoms with Crippen LogP contribution in [0.2, 0.25) is 0 Å². The maximum Gasteiger partial charge on any atom is 0.269 e. The molecule has 0 unspecified atom stereocenters. The van der Waals surface area contributed by atoms with Gasteiger partial charge in [0.05, 0.1) is 10.8 Å². The van der Waals surface area contributed by atoms with Crippen molar-refractivity contribution in [1.29, 1.82) is 0 Å². The fourth-order valence-corrected chi connectivity index (χ4v) is 2.13. The highest BCUT2D eigenvalue weighted by Crippen LogP contribution is 2.17. The van der Waals surface area contributed by atoms with Crippen LogP contribution in [0, 0.1) is 16.0 Å². The molecule has 6 heteroatoms. The molecule has 1 aliphatic rings. The fourth-order valence-electron chi connectivity index (χ4n) is 2.13. The van der Waals surface area contributed by atoms with Crippen LogP contribution in [-0.4, -0.2) is 34.9 Å². The Balaban J connectivity index is 2.07. The Morgan fingerprint density at radius 3 is 2.40 bits per heavy atom. The number of benzene rings is 1. The number of carbonyl (C=O) groups is 1. The molecule has 0 aliphatic carbocycles. The van der Waals surface area contributed by atoms with Crippen LogP contribution < -0.4 is 5.32 Å². The minimum Gasteiger partial charge on any atom is -0.336 e. The van der Waals surface area contributed by atoms with E-state index in [1.54, 1.807) is 12.1 Å².